The largest absolute Gasteiger partial charge is 0.356 e. The zero-order chi connectivity index (χ0) is 14.4. The van der Waals surface area contributed by atoms with Gasteiger partial charge in [-0.25, -0.2) is 0 Å². The first-order valence-electron chi connectivity index (χ1n) is 7.39. The zero-order valence-electron chi connectivity index (χ0n) is 13.1. The van der Waals surface area contributed by atoms with Gasteiger partial charge in [-0.1, -0.05) is 13.0 Å². The van der Waals surface area contributed by atoms with Crippen LogP contribution in [0.15, 0.2) is 22.5 Å². The maximum absolute atomic E-state index is 4.31. The van der Waals surface area contributed by atoms with Crippen molar-refractivity contribution < 1.29 is 0 Å². The van der Waals surface area contributed by atoms with Crippen LogP contribution in [0, 0.1) is 0 Å². The molecule has 0 aromatic carbocycles. The van der Waals surface area contributed by atoms with E-state index < -0.39 is 0 Å². The summed E-state index contributed by atoms with van der Waals surface area (Å²) in [5.74, 6) is 1.43. The molecule has 120 valence electrons. The summed E-state index contributed by atoms with van der Waals surface area (Å²) >= 11 is 1.82. The fraction of sp³-hybridized carbons (Fsp3) is 0.667. The molecule has 1 saturated heterocycles. The normalized spacial score (nSPS) is 20.9. The second-order valence-corrected chi connectivity index (χ2v) is 6.51. The summed E-state index contributed by atoms with van der Waals surface area (Å²) in [4.78, 5) is 8.15. The predicted octanol–water partition coefficient (Wildman–Crippen LogP) is 2.73. The van der Waals surface area contributed by atoms with Gasteiger partial charge in [-0.05, 0) is 37.9 Å². The van der Waals surface area contributed by atoms with Gasteiger partial charge in [0, 0.05) is 37.0 Å². The molecule has 21 heavy (non-hydrogen) atoms. The molecule has 4 nitrogen and oxygen atoms in total. The van der Waals surface area contributed by atoms with Crippen molar-refractivity contribution in [2.24, 2.45) is 4.99 Å². The molecule has 0 bridgehead atoms. The monoisotopic (exact) mass is 422 g/mol. The predicted molar refractivity (Wildman–Crippen MR) is 103 cm³/mol. The van der Waals surface area contributed by atoms with Gasteiger partial charge in [0.15, 0.2) is 5.96 Å². The number of likely N-dealkylation sites (N-methyl/N-ethyl adjacent to an activating group) is 1. The molecule has 1 aromatic rings. The minimum Gasteiger partial charge on any atom is -0.356 e. The van der Waals surface area contributed by atoms with Crippen molar-refractivity contribution >= 4 is 41.3 Å². The number of nitrogens with one attached hydrogen (secondary N) is 2. The summed E-state index contributed by atoms with van der Waals surface area (Å²) in [7, 11) is 4.04. The Labute approximate surface area is 149 Å². The second kappa shape index (κ2) is 9.63. The molecule has 2 rings (SSSR count). The highest BCUT2D eigenvalue weighted by Crippen LogP contribution is 2.19. The molecule has 0 spiro atoms. The number of thiophene rings is 1. The molecule has 2 heterocycles. The topological polar surface area (TPSA) is 39.7 Å². The number of rotatable bonds is 5. The number of hydrogen-bond acceptors (Lipinski definition) is 3. The van der Waals surface area contributed by atoms with Gasteiger partial charge in [0.25, 0.3) is 0 Å². The van der Waals surface area contributed by atoms with E-state index in [0.717, 1.165) is 19.0 Å². The summed E-state index contributed by atoms with van der Waals surface area (Å²) < 4.78 is 0. The Morgan fingerprint density at radius 2 is 2.33 bits per heavy atom. The lowest BCUT2D eigenvalue weighted by Crippen LogP contribution is -2.44. The lowest BCUT2D eigenvalue weighted by Gasteiger charge is -2.22. The molecule has 2 unspecified atom stereocenters. The summed E-state index contributed by atoms with van der Waals surface area (Å²) in [6.45, 7) is 5.36. The molecule has 0 aliphatic carbocycles. The first-order valence-corrected chi connectivity index (χ1v) is 8.27. The van der Waals surface area contributed by atoms with E-state index >= 15 is 0 Å². The maximum atomic E-state index is 4.31. The van der Waals surface area contributed by atoms with Gasteiger partial charge in [-0.2, -0.15) is 0 Å². The third kappa shape index (κ3) is 5.75. The fourth-order valence-corrected chi connectivity index (χ4v) is 3.38. The van der Waals surface area contributed by atoms with Gasteiger partial charge in [0.05, 0.1) is 0 Å². The summed E-state index contributed by atoms with van der Waals surface area (Å²) in [5, 5.41) is 9.00. The molecular weight excluding hydrogens is 395 g/mol. The standard InChI is InChI=1S/C15H26N4S.HI/c1-12(14-7-5-9-20-14)10-17-15(16-2)18-11-13-6-4-8-19(13)3;/h5,7,9,12-13H,4,6,8,10-11H2,1-3H3,(H2,16,17,18);1H. The summed E-state index contributed by atoms with van der Waals surface area (Å²) in [5.41, 5.74) is 0. The average molecular weight is 422 g/mol. The Morgan fingerprint density at radius 3 is 2.90 bits per heavy atom. The molecule has 0 saturated carbocycles. The number of nitrogens with zero attached hydrogens (tertiary/aromatic N) is 2. The van der Waals surface area contributed by atoms with E-state index in [4.69, 9.17) is 0 Å². The van der Waals surface area contributed by atoms with E-state index in [9.17, 15) is 0 Å². The number of hydrogen-bond donors (Lipinski definition) is 2. The van der Waals surface area contributed by atoms with Crippen molar-refractivity contribution in [3.8, 4) is 0 Å². The minimum atomic E-state index is 0. The minimum absolute atomic E-state index is 0. The Bertz CT molecular complexity index is 421. The molecule has 1 aliphatic rings. The maximum Gasteiger partial charge on any atom is 0.191 e. The number of guanidine groups is 1. The van der Waals surface area contributed by atoms with E-state index in [1.165, 1.54) is 24.3 Å². The third-order valence-corrected chi connectivity index (χ3v) is 5.11. The van der Waals surface area contributed by atoms with Crippen molar-refractivity contribution in [3.05, 3.63) is 22.4 Å². The first kappa shape index (κ1) is 18.7. The number of halogens is 1. The van der Waals surface area contributed by atoms with Crippen molar-refractivity contribution in [1.29, 1.82) is 0 Å². The molecule has 1 fully saturated rings. The van der Waals surface area contributed by atoms with Gasteiger partial charge in [-0.15, -0.1) is 35.3 Å². The van der Waals surface area contributed by atoms with E-state index in [2.05, 4.69) is 52.0 Å². The Morgan fingerprint density at radius 1 is 1.52 bits per heavy atom. The van der Waals surface area contributed by atoms with Gasteiger partial charge >= 0.3 is 0 Å². The average Bonchev–Trinajstić information content (AvgIpc) is 3.10. The summed E-state index contributed by atoms with van der Waals surface area (Å²) in [6.07, 6.45) is 2.59. The van der Waals surface area contributed by atoms with Crippen LogP contribution in [0.1, 0.15) is 30.6 Å². The van der Waals surface area contributed by atoms with E-state index in [1.54, 1.807) is 0 Å². The molecule has 1 aliphatic heterocycles. The van der Waals surface area contributed by atoms with Crippen LogP contribution in [0.3, 0.4) is 0 Å². The highest BCUT2D eigenvalue weighted by Gasteiger charge is 2.20. The van der Waals surface area contributed by atoms with Crippen molar-refractivity contribution in [2.75, 3.05) is 33.7 Å². The lowest BCUT2D eigenvalue weighted by molar-refractivity contribution is 0.309. The van der Waals surface area contributed by atoms with Crippen molar-refractivity contribution in [3.63, 3.8) is 0 Å². The van der Waals surface area contributed by atoms with E-state index in [1.807, 2.05) is 18.4 Å². The number of likely N-dealkylation sites (tertiary alicyclic amines) is 1. The second-order valence-electron chi connectivity index (χ2n) is 5.53. The van der Waals surface area contributed by atoms with Gasteiger partial charge in [0.1, 0.15) is 0 Å². The molecular formula is C15H27IN4S. The molecule has 6 heteroatoms. The number of aliphatic imine (C=N–C) groups is 1. The van der Waals surface area contributed by atoms with E-state index in [0.29, 0.717) is 12.0 Å². The van der Waals surface area contributed by atoms with Crippen LogP contribution in [-0.4, -0.2) is 50.6 Å². The third-order valence-electron chi connectivity index (χ3n) is 4.00. The van der Waals surface area contributed by atoms with Gasteiger partial charge in [-0.3, -0.25) is 4.99 Å². The Balaban J connectivity index is 0.00000220. The first-order chi connectivity index (χ1) is 9.70. The molecule has 2 N–H and O–H groups in total. The SMILES string of the molecule is CN=C(NCC(C)c1cccs1)NCC1CCCN1C.I. The van der Waals surface area contributed by atoms with Crippen LogP contribution in [0.5, 0.6) is 0 Å². The fourth-order valence-electron chi connectivity index (χ4n) is 2.59. The van der Waals surface area contributed by atoms with Gasteiger partial charge in [0.2, 0.25) is 0 Å². The Kier molecular flexibility index (Phi) is 8.58. The smallest absolute Gasteiger partial charge is 0.191 e. The van der Waals surface area contributed by atoms with Crippen LogP contribution in [0.25, 0.3) is 0 Å². The highest BCUT2D eigenvalue weighted by molar-refractivity contribution is 14.0. The lowest BCUT2D eigenvalue weighted by atomic mass is 10.1. The van der Waals surface area contributed by atoms with E-state index in [-0.39, 0.29) is 24.0 Å². The van der Waals surface area contributed by atoms with Crippen molar-refractivity contribution in [2.45, 2.75) is 31.7 Å². The summed E-state index contributed by atoms with van der Waals surface area (Å²) in [6, 6.07) is 4.95. The van der Waals surface area contributed by atoms with Crippen LogP contribution in [0.2, 0.25) is 0 Å². The zero-order valence-corrected chi connectivity index (χ0v) is 16.3. The molecule has 0 amide bonds. The van der Waals surface area contributed by atoms with Crippen LogP contribution >= 0.6 is 35.3 Å². The highest BCUT2D eigenvalue weighted by atomic mass is 127. The Hall–Kier alpha value is -0.340. The quantitative estimate of drug-likeness (QED) is 0.436. The van der Waals surface area contributed by atoms with Crippen LogP contribution in [0.4, 0.5) is 0 Å². The van der Waals surface area contributed by atoms with Crippen molar-refractivity contribution in [1.82, 2.24) is 15.5 Å². The molecule has 1 aromatic heterocycles. The van der Waals surface area contributed by atoms with Crippen LogP contribution < -0.4 is 10.6 Å². The molecule has 0 radical (unpaired) electrons. The molecule has 2 atom stereocenters. The van der Waals surface area contributed by atoms with Gasteiger partial charge < -0.3 is 15.5 Å². The van der Waals surface area contributed by atoms with Crippen LogP contribution in [-0.2, 0) is 0 Å².